The number of benzene rings is 1. The fraction of sp³-hybridized carbons (Fsp3) is 0.467. The Morgan fingerprint density at radius 1 is 1.35 bits per heavy atom. The average Bonchev–Trinajstić information content (AvgIpc) is 2.24. The Morgan fingerprint density at radius 2 is 2.00 bits per heavy atom. The molecule has 0 aromatic heterocycles. The van der Waals surface area contributed by atoms with Gasteiger partial charge in [-0.1, -0.05) is 39.5 Å². The summed E-state index contributed by atoms with van der Waals surface area (Å²) in [4.78, 5) is 0. The zero-order valence-electron chi connectivity index (χ0n) is 11.3. The van der Waals surface area contributed by atoms with Gasteiger partial charge < -0.3 is 10.5 Å². The second-order valence-corrected chi connectivity index (χ2v) is 5.49. The van der Waals surface area contributed by atoms with Gasteiger partial charge in [0.1, 0.15) is 12.4 Å². The smallest absolute Gasteiger partial charge is 0.123 e. The van der Waals surface area contributed by atoms with Gasteiger partial charge in [0, 0.05) is 6.54 Å². The van der Waals surface area contributed by atoms with Crippen LogP contribution in [0.1, 0.15) is 31.9 Å². The molecule has 0 unspecified atom stereocenters. The van der Waals surface area contributed by atoms with Crippen molar-refractivity contribution in [2.24, 2.45) is 5.73 Å². The average molecular weight is 233 g/mol. The summed E-state index contributed by atoms with van der Waals surface area (Å²) in [5.74, 6) is 0.937. The highest BCUT2D eigenvalue weighted by atomic mass is 16.5. The quantitative estimate of drug-likeness (QED) is 0.811. The Labute approximate surface area is 104 Å². The molecule has 0 aliphatic carbocycles. The van der Waals surface area contributed by atoms with Crippen LogP contribution in [0.25, 0.3) is 0 Å². The maximum absolute atomic E-state index is 5.82. The first kappa shape index (κ1) is 13.8. The fourth-order valence-electron chi connectivity index (χ4n) is 1.61. The lowest BCUT2D eigenvalue weighted by atomic mass is 9.86. The monoisotopic (exact) mass is 233 g/mol. The molecule has 17 heavy (non-hydrogen) atoms. The topological polar surface area (TPSA) is 35.2 Å². The van der Waals surface area contributed by atoms with E-state index in [2.05, 4.69) is 52.5 Å². The van der Waals surface area contributed by atoms with Crippen LogP contribution < -0.4 is 10.5 Å². The van der Waals surface area contributed by atoms with E-state index in [0.717, 1.165) is 11.3 Å². The van der Waals surface area contributed by atoms with Crippen LogP contribution >= 0.6 is 0 Å². The van der Waals surface area contributed by atoms with Crippen LogP contribution in [0, 0.1) is 6.92 Å². The first-order valence-electron chi connectivity index (χ1n) is 5.95. The Morgan fingerprint density at radius 3 is 2.53 bits per heavy atom. The number of hydrogen-bond donors (Lipinski definition) is 1. The summed E-state index contributed by atoms with van der Waals surface area (Å²) in [6.45, 7) is 13.4. The molecule has 94 valence electrons. The van der Waals surface area contributed by atoms with Gasteiger partial charge in [0.25, 0.3) is 0 Å². The molecule has 1 aromatic carbocycles. The van der Waals surface area contributed by atoms with Crippen LogP contribution in [-0.4, -0.2) is 13.2 Å². The van der Waals surface area contributed by atoms with E-state index in [9.17, 15) is 0 Å². The minimum absolute atomic E-state index is 0.0765. The van der Waals surface area contributed by atoms with Gasteiger partial charge in [0.05, 0.1) is 0 Å². The van der Waals surface area contributed by atoms with Crippen molar-refractivity contribution in [3.63, 3.8) is 0 Å². The van der Waals surface area contributed by atoms with Gasteiger partial charge in [-0.05, 0) is 35.1 Å². The van der Waals surface area contributed by atoms with Crippen molar-refractivity contribution in [3.8, 4) is 5.75 Å². The molecule has 1 aromatic rings. The molecule has 0 aliphatic rings. The van der Waals surface area contributed by atoms with Gasteiger partial charge in [-0.15, -0.1) is 0 Å². The third kappa shape index (κ3) is 3.90. The molecule has 0 atom stereocenters. The van der Waals surface area contributed by atoms with Crippen molar-refractivity contribution in [2.45, 2.75) is 33.1 Å². The molecule has 0 spiro atoms. The van der Waals surface area contributed by atoms with Gasteiger partial charge in [-0.2, -0.15) is 0 Å². The van der Waals surface area contributed by atoms with Crippen LogP contribution in [0.4, 0.5) is 0 Å². The largest absolute Gasteiger partial charge is 0.489 e. The number of rotatable bonds is 4. The molecule has 0 fully saturated rings. The Kier molecular flexibility index (Phi) is 4.35. The Balaban J connectivity index is 2.96. The summed E-state index contributed by atoms with van der Waals surface area (Å²) < 4.78 is 5.82. The molecule has 2 heteroatoms. The zero-order valence-corrected chi connectivity index (χ0v) is 11.3. The van der Waals surface area contributed by atoms with E-state index in [1.54, 1.807) is 0 Å². The predicted octanol–water partition coefficient (Wildman–Crippen LogP) is 3.19. The summed E-state index contributed by atoms with van der Waals surface area (Å²) in [6, 6.07) is 6.32. The molecule has 0 bridgehead atoms. The van der Waals surface area contributed by atoms with Gasteiger partial charge in [-0.3, -0.25) is 0 Å². The number of aryl methyl sites for hydroxylation is 1. The summed E-state index contributed by atoms with van der Waals surface area (Å²) in [5, 5.41) is 0. The molecular weight excluding hydrogens is 210 g/mol. The standard InChI is InChI=1S/C15H23NO/c1-11-6-7-13(15(3,4)5)14(8-11)17-10-12(2)9-16/h6-8H,2,9-10,16H2,1,3-5H3. The minimum Gasteiger partial charge on any atom is -0.489 e. The lowest BCUT2D eigenvalue weighted by Gasteiger charge is -2.23. The van der Waals surface area contributed by atoms with E-state index < -0.39 is 0 Å². The van der Waals surface area contributed by atoms with E-state index in [0.29, 0.717) is 13.2 Å². The molecule has 0 radical (unpaired) electrons. The van der Waals surface area contributed by atoms with E-state index in [1.807, 2.05) is 0 Å². The van der Waals surface area contributed by atoms with Crippen molar-refractivity contribution in [1.82, 2.24) is 0 Å². The maximum Gasteiger partial charge on any atom is 0.123 e. The highest BCUT2D eigenvalue weighted by molar-refractivity contribution is 5.41. The van der Waals surface area contributed by atoms with Crippen LogP contribution in [0.2, 0.25) is 0 Å². The van der Waals surface area contributed by atoms with Gasteiger partial charge in [-0.25, -0.2) is 0 Å². The molecule has 0 aliphatic heterocycles. The highest BCUT2D eigenvalue weighted by Crippen LogP contribution is 2.32. The first-order valence-corrected chi connectivity index (χ1v) is 5.95. The lowest BCUT2D eigenvalue weighted by molar-refractivity contribution is 0.339. The number of ether oxygens (including phenoxy) is 1. The van der Waals surface area contributed by atoms with Crippen molar-refractivity contribution < 1.29 is 4.74 Å². The Bertz CT molecular complexity index is 402. The molecule has 0 heterocycles. The molecule has 0 amide bonds. The normalized spacial score (nSPS) is 11.4. The van der Waals surface area contributed by atoms with Crippen molar-refractivity contribution in [3.05, 3.63) is 41.5 Å². The second kappa shape index (κ2) is 5.37. The van der Waals surface area contributed by atoms with Gasteiger partial charge in [0.15, 0.2) is 0 Å². The van der Waals surface area contributed by atoms with Gasteiger partial charge >= 0.3 is 0 Å². The summed E-state index contributed by atoms with van der Waals surface area (Å²) in [6.07, 6.45) is 0. The SMILES string of the molecule is C=C(CN)COc1cc(C)ccc1C(C)(C)C. The number of hydrogen-bond acceptors (Lipinski definition) is 2. The third-order valence-electron chi connectivity index (χ3n) is 2.67. The van der Waals surface area contributed by atoms with Crippen LogP contribution in [-0.2, 0) is 5.41 Å². The van der Waals surface area contributed by atoms with E-state index >= 15 is 0 Å². The number of nitrogens with two attached hydrogens (primary N) is 1. The molecular formula is C15H23NO. The fourth-order valence-corrected chi connectivity index (χ4v) is 1.61. The maximum atomic E-state index is 5.82. The van der Waals surface area contributed by atoms with Crippen LogP contribution in [0.5, 0.6) is 5.75 Å². The molecule has 0 saturated carbocycles. The summed E-state index contributed by atoms with van der Waals surface area (Å²) in [7, 11) is 0. The van der Waals surface area contributed by atoms with Crippen molar-refractivity contribution >= 4 is 0 Å². The van der Waals surface area contributed by atoms with E-state index in [4.69, 9.17) is 10.5 Å². The summed E-state index contributed by atoms with van der Waals surface area (Å²) >= 11 is 0. The van der Waals surface area contributed by atoms with E-state index in [-0.39, 0.29) is 5.41 Å². The highest BCUT2D eigenvalue weighted by Gasteiger charge is 2.18. The zero-order chi connectivity index (χ0) is 13.1. The molecule has 2 N–H and O–H groups in total. The van der Waals surface area contributed by atoms with Crippen LogP contribution in [0.15, 0.2) is 30.4 Å². The minimum atomic E-state index is 0.0765. The first-order chi connectivity index (χ1) is 7.84. The molecule has 2 nitrogen and oxygen atoms in total. The lowest BCUT2D eigenvalue weighted by Crippen LogP contribution is -2.16. The van der Waals surface area contributed by atoms with E-state index in [1.165, 1.54) is 11.1 Å². The Hall–Kier alpha value is -1.28. The molecule has 0 saturated heterocycles. The predicted molar refractivity (Wildman–Crippen MR) is 73.6 cm³/mol. The van der Waals surface area contributed by atoms with Gasteiger partial charge in [0.2, 0.25) is 0 Å². The second-order valence-electron chi connectivity index (χ2n) is 5.49. The summed E-state index contributed by atoms with van der Waals surface area (Å²) in [5.41, 5.74) is 8.91. The van der Waals surface area contributed by atoms with Crippen LogP contribution in [0.3, 0.4) is 0 Å². The van der Waals surface area contributed by atoms with Crippen molar-refractivity contribution in [2.75, 3.05) is 13.2 Å². The molecule has 1 rings (SSSR count). The third-order valence-corrected chi connectivity index (χ3v) is 2.67. The van der Waals surface area contributed by atoms with Crippen molar-refractivity contribution in [1.29, 1.82) is 0 Å².